The SMILES string of the molecule is CC(=O)N1CCN(C(=O)COC(=O)c2ccc(N3CCCCC3=O)cc2)CC1. The minimum Gasteiger partial charge on any atom is -0.452 e. The van der Waals surface area contributed by atoms with Gasteiger partial charge in [0.1, 0.15) is 0 Å². The molecule has 2 saturated heterocycles. The number of esters is 1. The number of amides is 3. The Kier molecular flexibility index (Phi) is 6.28. The Bertz CT molecular complexity index is 754. The fraction of sp³-hybridized carbons (Fsp3) is 0.500. The van der Waals surface area contributed by atoms with Crippen molar-refractivity contribution in [1.82, 2.24) is 9.80 Å². The fourth-order valence-corrected chi connectivity index (χ4v) is 3.43. The van der Waals surface area contributed by atoms with E-state index in [1.807, 2.05) is 0 Å². The van der Waals surface area contributed by atoms with Gasteiger partial charge in [-0.05, 0) is 37.1 Å². The van der Waals surface area contributed by atoms with Crippen molar-refractivity contribution in [2.24, 2.45) is 0 Å². The van der Waals surface area contributed by atoms with E-state index in [0.717, 1.165) is 18.5 Å². The molecule has 2 aliphatic heterocycles. The molecule has 1 aromatic rings. The van der Waals surface area contributed by atoms with E-state index in [9.17, 15) is 19.2 Å². The largest absolute Gasteiger partial charge is 0.452 e. The molecule has 0 N–H and O–H groups in total. The third-order valence-electron chi connectivity index (χ3n) is 5.14. The summed E-state index contributed by atoms with van der Waals surface area (Å²) in [5.74, 6) is -0.760. The van der Waals surface area contributed by atoms with Crippen LogP contribution in [0.2, 0.25) is 0 Å². The molecule has 2 fully saturated rings. The molecule has 8 heteroatoms. The predicted octanol–water partition coefficient (Wildman–Crippen LogP) is 1.05. The minimum absolute atomic E-state index is 0.00627. The van der Waals surface area contributed by atoms with Crippen molar-refractivity contribution in [3.63, 3.8) is 0 Å². The standard InChI is InChI=1S/C20H25N3O5/c1-15(24)21-10-12-22(13-11-21)19(26)14-28-20(27)16-5-7-17(8-6-16)23-9-3-2-4-18(23)25/h5-8H,2-4,9-14H2,1H3. The van der Waals surface area contributed by atoms with Gasteiger partial charge in [0.15, 0.2) is 6.61 Å². The summed E-state index contributed by atoms with van der Waals surface area (Å²) in [6.45, 7) is 3.73. The zero-order chi connectivity index (χ0) is 20.1. The summed E-state index contributed by atoms with van der Waals surface area (Å²) in [6, 6.07) is 6.66. The van der Waals surface area contributed by atoms with Crippen LogP contribution >= 0.6 is 0 Å². The van der Waals surface area contributed by atoms with Gasteiger partial charge < -0.3 is 19.4 Å². The van der Waals surface area contributed by atoms with Gasteiger partial charge in [0.25, 0.3) is 5.91 Å². The van der Waals surface area contributed by atoms with E-state index in [1.54, 1.807) is 39.0 Å². The summed E-state index contributed by atoms with van der Waals surface area (Å²) in [4.78, 5) is 52.7. The van der Waals surface area contributed by atoms with Gasteiger partial charge >= 0.3 is 5.97 Å². The Morgan fingerprint density at radius 2 is 1.57 bits per heavy atom. The number of benzene rings is 1. The van der Waals surface area contributed by atoms with E-state index >= 15 is 0 Å². The van der Waals surface area contributed by atoms with Crippen LogP contribution in [0.3, 0.4) is 0 Å². The first-order valence-corrected chi connectivity index (χ1v) is 9.56. The van der Waals surface area contributed by atoms with Crippen LogP contribution in [-0.2, 0) is 19.1 Å². The monoisotopic (exact) mass is 387 g/mol. The van der Waals surface area contributed by atoms with Gasteiger partial charge in [0.2, 0.25) is 11.8 Å². The zero-order valence-electron chi connectivity index (χ0n) is 16.1. The Morgan fingerprint density at radius 3 is 2.18 bits per heavy atom. The average molecular weight is 387 g/mol. The Morgan fingerprint density at radius 1 is 0.929 bits per heavy atom. The second-order valence-corrected chi connectivity index (χ2v) is 7.01. The topological polar surface area (TPSA) is 87.2 Å². The fourth-order valence-electron chi connectivity index (χ4n) is 3.43. The smallest absolute Gasteiger partial charge is 0.338 e. The number of carbonyl (C=O) groups is 4. The van der Waals surface area contributed by atoms with Crippen molar-refractivity contribution in [2.75, 3.05) is 44.2 Å². The Hall–Kier alpha value is -2.90. The lowest BCUT2D eigenvalue weighted by Gasteiger charge is -2.34. The number of rotatable bonds is 4. The molecule has 0 saturated carbocycles. The van der Waals surface area contributed by atoms with Crippen molar-refractivity contribution in [2.45, 2.75) is 26.2 Å². The molecule has 0 atom stereocenters. The number of carbonyl (C=O) groups excluding carboxylic acids is 4. The third-order valence-corrected chi connectivity index (χ3v) is 5.14. The van der Waals surface area contributed by atoms with Crippen LogP contribution in [0.1, 0.15) is 36.5 Å². The van der Waals surface area contributed by atoms with Crippen LogP contribution in [0.4, 0.5) is 5.69 Å². The third kappa shape index (κ3) is 4.68. The number of piperidine rings is 1. The first-order chi connectivity index (χ1) is 13.5. The summed E-state index contributed by atoms with van der Waals surface area (Å²) >= 11 is 0. The minimum atomic E-state index is -0.577. The van der Waals surface area contributed by atoms with Crippen molar-refractivity contribution >= 4 is 29.4 Å². The molecular weight excluding hydrogens is 362 g/mol. The number of piperazine rings is 1. The van der Waals surface area contributed by atoms with Crippen LogP contribution in [0.15, 0.2) is 24.3 Å². The molecule has 2 heterocycles. The lowest BCUT2D eigenvalue weighted by molar-refractivity contribution is -0.140. The van der Waals surface area contributed by atoms with Crippen LogP contribution in [-0.4, -0.2) is 72.8 Å². The number of anilines is 1. The van der Waals surface area contributed by atoms with Gasteiger partial charge in [0, 0.05) is 51.8 Å². The normalized spacial score (nSPS) is 17.5. The quantitative estimate of drug-likeness (QED) is 0.721. The van der Waals surface area contributed by atoms with Gasteiger partial charge in [-0.2, -0.15) is 0 Å². The summed E-state index contributed by atoms with van der Waals surface area (Å²) in [5.41, 5.74) is 1.10. The molecule has 2 aliphatic rings. The highest BCUT2D eigenvalue weighted by Crippen LogP contribution is 2.21. The summed E-state index contributed by atoms with van der Waals surface area (Å²) in [5, 5.41) is 0. The molecule has 28 heavy (non-hydrogen) atoms. The van der Waals surface area contributed by atoms with E-state index in [-0.39, 0.29) is 24.3 Å². The lowest BCUT2D eigenvalue weighted by atomic mass is 10.1. The maximum Gasteiger partial charge on any atom is 0.338 e. The summed E-state index contributed by atoms with van der Waals surface area (Å²) in [6.07, 6.45) is 2.43. The van der Waals surface area contributed by atoms with Crippen molar-refractivity contribution < 1.29 is 23.9 Å². The number of hydrogen-bond acceptors (Lipinski definition) is 5. The molecule has 1 aromatic carbocycles. The molecule has 0 bridgehead atoms. The van der Waals surface area contributed by atoms with E-state index in [4.69, 9.17) is 4.74 Å². The van der Waals surface area contributed by atoms with Crippen LogP contribution in [0, 0.1) is 0 Å². The Balaban J connectivity index is 1.49. The van der Waals surface area contributed by atoms with E-state index in [1.165, 1.54) is 6.92 Å². The van der Waals surface area contributed by atoms with Crippen LogP contribution in [0.5, 0.6) is 0 Å². The lowest BCUT2D eigenvalue weighted by Crippen LogP contribution is -2.51. The second-order valence-electron chi connectivity index (χ2n) is 7.01. The van der Waals surface area contributed by atoms with Gasteiger partial charge in [-0.1, -0.05) is 0 Å². The maximum atomic E-state index is 12.2. The number of ether oxygens (including phenoxy) is 1. The molecule has 0 aromatic heterocycles. The van der Waals surface area contributed by atoms with Crippen LogP contribution in [0.25, 0.3) is 0 Å². The predicted molar refractivity (Wildman–Crippen MR) is 102 cm³/mol. The molecular formula is C20H25N3O5. The molecule has 0 spiro atoms. The molecule has 8 nitrogen and oxygen atoms in total. The maximum absolute atomic E-state index is 12.2. The molecule has 0 radical (unpaired) electrons. The van der Waals surface area contributed by atoms with E-state index < -0.39 is 5.97 Å². The van der Waals surface area contributed by atoms with Gasteiger partial charge in [-0.15, -0.1) is 0 Å². The Labute approximate surface area is 164 Å². The second kappa shape index (κ2) is 8.86. The van der Waals surface area contributed by atoms with Crippen molar-refractivity contribution in [1.29, 1.82) is 0 Å². The van der Waals surface area contributed by atoms with Gasteiger partial charge in [-0.3, -0.25) is 14.4 Å². The molecule has 0 unspecified atom stereocenters. The van der Waals surface area contributed by atoms with E-state index in [0.29, 0.717) is 44.7 Å². The van der Waals surface area contributed by atoms with Crippen molar-refractivity contribution in [3.8, 4) is 0 Å². The highest BCUT2D eigenvalue weighted by Gasteiger charge is 2.24. The first-order valence-electron chi connectivity index (χ1n) is 9.56. The number of nitrogens with zero attached hydrogens (tertiary/aromatic N) is 3. The van der Waals surface area contributed by atoms with Gasteiger partial charge in [-0.25, -0.2) is 4.79 Å². The molecule has 3 amide bonds. The summed E-state index contributed by atoms with van der Waals surface area (Å²) < 4.78 is 5.13. The average Bonchev–Trinajstić information content (AvgIpc) is 2.72. The highest BCUT2D eigenvalue weighted by molar-refractivity contribution is 5.95. The van der Waals surface area contributed by atoms with Crippen LogP contribution < -0.4 is 4.90 Å². The molecule has 0 aliphatic carbocycles. The van der Waals surface area contributed by atoms with Gasteiger partial charge in [0.05, 0.1) is 5.56 Å². The first kappa shape index (κ1) is 19.9. The molecule has 3 rings (SSSR count). The van der Waals surface area contributed by atoms with E-state index in [2.05, 4.69) is 0 Å². The summed E-state index contributed by atoms with van der Waals surface area (Å²) in [7, 11) is 0. The zero-order valence-corrected chi connectivity index (χ0v) is 16.1. The molecule has 150 valence electrons. The number of hydrogen-bond donors (Lipinski definition) is 0. The van der Waals surface area contributed by atoms with Crippen molar-refractivity contribution in [3.05, 3.63) is 29.8 Å². The highest BCUT2D eigenvalue weighted by atomic mass is 16.5.